The minimum Gasteiger partial charge on any atom is -0.463 e. The second-order valence-corrected chi connectivity index (χ2v) is 5.35. The summed E-state index contributed by atoms with van der Waals surface area (Å²) in [6.07, 6.45) is 5.05. The van der Waals surface area contributed by atoms with Crippen LogP contribution in [-0.2, 0) is 0 Å². The van der Waals surface area contributed by atoms with Crippen LogP contribution in [0.25, 0.3) is 11.5 Å². The van der Waals surface area contributed by atoms with Gasteiger partial charge in [-0.05, 0) is 31.2 Å². The van der Waals surface area contributed by atoms with Gasteiger partial charge < -0.3 is 8.83 Å². The van der Waals surface area contributed by atoms with Gasteiger partial charge in [-0.1, -0.05) is 6.08 Å². The molecular formula is C16H15N3O2S. The van der Waals surface area contributed by atoms with E-state index in [1.54, 1.807) is 23.2 Å². The quantitative estimate of drug-likeness (QED) is 0.533. The van der Waals surface area contributed by atoms with Gasteiger partial charge in [-0.2, -0.15) is 5.10 Å². The number of rotatable bonds is 5. The van der Waals surface area contributed by atoms with Gasteiger partial charge >= 0.3 is 0 Å². The largest absolute Gasteiger partial charge is 0.463 e. The van der Waals surface area contributed by atoms with Gasteiger partial charge in [0.1, 0.15) is 17.2 Å². The van der Waals surface area contributed by atoms with Gasteiger partial charge in [-0.15, -0.1) is 17.9 Å². The van der Waals surface area contributed by atoms with Crippen molar-refractivity contribution < 1.29 is 8.83 Å². The lowest BCUT2D eigenvalue weighted by Gasteiger charge is -1.99. The fourth-order valence-electron chi connectivity index (χ4n) is 1.89. The lowest BCUT2D eigenvalue weighted by atomic mass is 10.4. The summed E-state index contributed by atoms with van der Waals surface area (Å²) in [6, 6.07) is 7.51. The average molecular weight is 313 g/mol. The van der Waals surface area contributed by atoms with E-state index in [-0.39, 0.29) is 0 Å². The molecule has 5 nitrogen and oxygen atoms in total. The molecule has 0 spiro atoms. The molecule has 22 heavy (non-hydrogen) atoms. The molecule has 0 aromatic carbocycles. The number of thiazole rings is 1. The maximum Gasteiger partial charge on any atom is 0.206 e. The highest BCUT2D eigenvalue weighted by Crippen LogP contribution is 2.20. The van der Waals surface area contributed by atoms with Crippen LogP contribution in [0, 0.1) is 6.92 Å². The first-order valence-electron chi connectivity index (χ1n) is 6.74. The van der Waals surface area contributed by atoms with E-state index in [0.717, 1.165) is 22.0 Å². The van der Waals surface area contributed by atoms with Crippen LogP contribution in [0.2, 0.25) is 0 Å². The Morgan fingerprint density at radius 1 is 1.36 bits per heavy atom. The third-order valence-corrected chi connectivity index (χ3v) is 3.73. The molecule has 3 rings (SSSR count). The number of aromatic nitrogens is 1. The SMILES string of the molecule is C=CCN=c1scc(-c2ccco2)n1N=Cc1ccc(C)o1. The summed E-state index contributed by atoms with van der Waals surface area (Å²) in [5, 5.41) is 6.44. The molecule has 0 aliphatic rings. The molecule has 0 unspecified atom stereocenters. The van der Waals surface area contributed by atoms with Gasteiger partial charge in [-0.25, -0.2) is 4.68 Å². The van der Waals surface area contributed by atoms with Crippen LogP contribution in [-0.4, -0.2) is 17.4 Å². The van der Waals surface area contributed by atoms with Crippen molar-refractivity contribution in [3.63, 3.8) is 0 Å². The molecule has 0 bridgehead atoms. The molecule has 0 fully saturated rings. The predicted molar refractivity (Wildman–Crippen MR) is 87.1 cm³/mol. The Hall–Kier alpha value is -2.60. The highest BCUT2D eigenvalue weighted by Gasteiger charge is 2.09. The number of nitrogens with zero attached hydrogens (tertiary/aromatic N) is 3. The Labute approximate surface area is 131 Å². The Morgan fingerprint density at radius 3 is 2.95 bits per heavy atom. The lowest BCUT2D eigenvalue weighted by Crippen LogP contribution is -2.12. The van der Waals surface area contributed by atoms with Crippen molar-refractivity contribution in [2.75, 3.05) is 6.54 Å². The molecule has 3 heterocycles. The van der Waals surface area contributed by atoms with Gasteiger partial charge in [0.25, 0.3) is 0 Å². The Balaban J connectivity index is 2.04. The zero-order valence-corrected chi connectivity index (χ0v) is 12.9. The fraction of sp³-hybridized carbons (Fsp3) is 0.125. The van der Waals surface area contributed by atoms with Gasteiger partial charge in [0.2, 0.25) is 4.80 Å². The molecule has 0 aliphatic heterocycles. The predicted octanol–water partition coefficient (Wildman–Crippen LogP) is 3.68. The Kier molecular flexibility index (Phi) is 4.20. The van der Waals surface area contributed by atoms with Crippen LogP contribution in [0.5, 0.6) is 0 Å². The number of aryl methyl sites for hydroxylation is 1. The van der Waals surface area contributed by atoms with Gasteiger partial charge in [0, 0.05) is 5.38 Å². The molecule has 0 atom stereocenters. The average Bonchev–Trinajstić information content (AvgIpc) is 3.23. The van der Waals surface area contributed by atoms with E-state index in [1.807, 2.05) is 36.6 Å². The van der Waals surface area contributed by atoms with Crippen LogP contribution < -0.4 is 4.80 Å². The van der Waals surface area contributed by atoms with E-state index >= 15 is 0 Å². The van der Waals surface area contributed by atoms with Crippen LogP contribution in [0.3, 0.4) is 0 Å². The first kappa shape index (κ1) is 14.3. The van der Waals surface area contributed by atoms with Crippen molar-refractivity contribution in [3.05, 3.63) is 64.9 Å². The molecule has 0 amide bonds. The molecule has 0 aliphatic carbocycles. The Bertz CT molecular complexity index is 850. The van der Waals surface area contributed by atoms with Crippen molar-refractivity contribution in [1.29, 1.82) is 0 Å². The van der Waals surface area contributed by atoms with E-state index in [4.69, 9.17) is 8.83 Å². The lowest BCUT2D eigenvalue weighted by molar-refractivity contribution is 0.527. The zero-order chi connectivity index (χ0) is 15.4. The van der Waals surface area contributed by atoms with Crippen molar-refractivity contribution in [1.82, 2.24) is 4.68 Å². The van der Waals surface area contributed by atoms with Gasteiger partial charge in [0.15, 0.2) is 5.76 Å². The molecule has 112 valence electrons. The van der Waals surface area contributed by atoms with Gasteiger partial charge in [-0.3, -0.25) is 4.99 Å². The van der Waals surface area contributed by atoms with E-state index in [1.165, 1.54) is 11.3 Å². The monoisotopic (exact) mass is 313 g/mol. The summed E-state index contributed by atoms with van der Waals surface area (Å²) in [6.45, 7) is 6.12. The maximum atomic E-state index is 5.50. The van der Waals surface area contributed by atoms with Crippen LogP contribution in [0.1, 0.15) is 11.5 Å². The smallest absolute Gasteiger partial charge is 0.206 e. The molecule has 0 N–H and O–H groups in total. The molecule has 0 saturated carbocycles. The zero-order valence-electron chi connectivity index (χ0n) is 12.1. The summed E-state index contributed by atoms with van der Waals surface area (Å²) < 4.78 is 12.7. The standard InChI is InChI=1S/C16H15N3O2S/c1-3-8-17-16-19(18-10-13-7-6-12(2)21-13)14(11-22-16)15-5-4-9-20-15/h3-7,9-11H,1,8H2,2H3. The summed E-state index contributed by atoms with van der Waals surface area (Å²) in [5.74, 6) is 2.28. The molecule has 6 heteroatoms. The second kappa shape index (κ2) is 6.44. The number of furan rings is 2. The van der Waals surface area contributed by atoms with E-state index < -0.39 is 0 Å². The van der Waals surface area contributed by atoms with E-state index in [2.05, 4.69) is 16.7 Å². The van der Waals surface area contributed by atoms with Crippen molar-refractivity contribution in [2.45, 2.75) is 6.92 Å². The highest BCUT2D eigenvalue weighted by molar-refractivity contribution is 7.07. The number of hydrogen-bond acceptors (Lipinski definition) is 5. The third kappa shape index (κ3) is 3.01. The minimum absolute atomic E-state index is 0.535. The minimum atomic E-state index is 0.535. The summed E-state index contributed by atoms with van der Waals surface area (Å²) in [5.41, 5.74) is 0.845. The molecule has 0 saturated heterocycles. The second-order valence-electron chi connectivity index (χ2n) is 4.51. The molecular weight excluding hydrogens is 298 g/mol. The van der Waals surface area contributed by atoms with Crippen LogP contribution in [0.15, 0.2) is 67.5 Å². The van der Waals surface area contributed by atoms with Gasteiger partial charge in [0.05, 0.1) is 19.0 Å². The highest BCUT2D eigenvalue weighted by atomic mass is 32.1. The van der Waals surface area contributed by atoms with Crippen LogP contribution in [0.4, 0.5) is 0 Å². The van der Waals surface area contributed by atoms with Crippen LogP contribution >= 0.6 is 11.3 Å². The summed E-state index contributed by atoms with van der Waals surface area (Å²) >= 11 is 1.50. The molecule has 3 aromatic heterocycles. The fourth-order valence-corrected chi connectivity index (χ4v) is 2.72. The summed E-state index contributed by atoms with van der Waals surface area (Å²) in [4.78, 5) is 5.22. The van der Waals surface area contributed by atoms with E-state index in [0.29, 0.717) is 12.3 Å². The van der Waals surface area contributed by atoms with E-state index in [9.17, 15) is 0 Å². The number of hydrogen-bond donors (Lipinski definition) is 0. The normalized spacial score (nSPS) is 12.3. The van der Waals surface area contributed by atoms with Crippen molar-refractivity contribution in [2.24, 2.45) is 10.1 Å². The third-order valence-electron chi connectivity index (χ3n) is 2.88. The molecule has 0 radical (unpaired) electrons. The van der Waals surface area contributed by atoms with Crippen molar-refractivity contribution in [3.8, 4) is 11.5 Å². The topological polar surface area (TPSA) is 55.9 Å². The summed E-state index contributed by atoms with van der Waals surface area (Å²) in [7, 11) is 0. The first-order chi connectivity index (χ1) is 10.8. The Morgan fingerprint density at radius 2 is 2.27 bits per heavy atom. The van der Waals surface area contributed by atoms with Crippen molar-refractivity contribution >= 4 is 17.6 Å². The maximum absolute atomic E-state index is 5.50. The molecule has 3 aromatic rings. The first-order valence-corrected chi connectivity index (χ1v) is 7.62.